The van der Waals surface area contributed by atoms with Gasteiger partial charge in [0.05, 0.1) is 36.6 Å². The van der Waals surface area contributed by atoms with Crippen LogP contribution in [0.15, 0.2) is 18.2 Å². The Morgan fingerprint density at radius 2 is 1.20 bits per heavy atom. The van der Waals surface area contributed by atoms with Crippen molar-refractivity contribution in [1.29, 1.82) is 0 Å². The summed E-state index contributed by atoms with van der Waals surface area (Å²) in [5.74, 6) is -9.01. The lowest BCUT2D eigenvalue weighted by molar-refractivity contribution is -0.157. The molecule has 6 aliphatic rings. The van der Waals surface area contributed by atoms with Crippen LogP contribution in [0.3, 0.4) is 0 Å². The smallest absolute Gasteiger partial charge is 0.343 e. The van der Waals surface area contributed by atoms with E-state index >= 15 is 28.8 Å². The fourth-order valence-corrected chi connectivity index (χ4v) is 16.3. The number of rotatable bonds is 11. The summed E-state index contributed by atoms with van der Waals surface area (Å²) in [4.78, 5) is 191. The highest BCUT2D eigenvalue weighted by molar-refractivity contribution is 6.31. The van der Waals surface area contributed by atoms with Gasteiger partial charge in [-0.15, -0.1) is 0 Å². The lowest BCUT2D eigenvalue weighted by Crippen LogP contribution is -2.65. The zero-order valence-corrected chi connectivity index (χ0v) is 62.2. The van der Waals surface area contributed by atoms with Crippen LogP contribution in [0.4, 0.5) is 13.2 Å². The lowest BCUT2D eigenvalue weighted by atomic mass is 9.81. The molecule has 3 aliphatic carbocycles. The molecule has 3 N–H and O–H groups in total. The number of halogens is 4. The molecule has 9 atom stereocenters. The van der Waals surface area contributed by atoms with Crippen molar-refractivity contribution in [2.45, 2.75) is 242 Å². The summed E-state index contributed by atoms with van der Waals surface area (Å²) < 4.78 is 41.7. The number of carbonyl (C=O) groups is 12. The molecule has 12 amide bonds. The van der Waals surface area contributed by atoms with E-state index in [2.05, 4.69) is 16.0 Å². The molecular formula is C73H112ClF3N12O12. The third-order valence-corrected chi connectivity index (χ3v) is 23.1. The molecule has 6 fully saturated rings. The van der Waals surface area contributed by atoms with Gasteiger partial charge >= 0.3 is 6.18 Å². The van der Waals surface area contributed by atoms with Crippen LogP contribution in [0.1, 0.15) is 193 Å². The fraction of sp³-hybridized carbons (Fsp3) is 0.753. The number of amides is 12. The number of fused-ring (bicyclic) bond motifs is 1. The third-order valence-electron chi connectivity index (χ3n) is 22.8. The number of piperidine rings is 1. The maximum atomic E-state index is 15.8. The largest absolute Gasteiger partial charge is 0.417 e. The number of benzene rings is 1. The first-order chi connectivity index (χ1) is 47.7. The maximum Gasteiger partial charge on any atom is 0.417 e. The number of aryl methyl sites for hydroxylation is 1. The Kier molecular flexibility index (Phi) is 29.3. The minimum atomic E-state index is -4.76. The summed E-state index contributed by atoms with van der Waals surface area (Å²) in [5, 5.41) is 8.21. The van der Waals surface area contributed by atoms with E-state index in [0.29, 0.717) is 76.4 Å². The van der Waals surface area contributed by atoms with Crippen LogP contribution in [0.25, 0.3) is 0 Å². The number of alkyl halides is 3. The van der Waals surface area contributed by atoms with Crippen molar-refractivity contribution >= 4 is 82.5 Å². The molecule has 0 radical (unpaired) electrons. The summed E-state index contributed by atoms with van der Waals surface area (Å²) >= 11 is 6.16. The van der Waals surface area contributed by atoms with Crippen LogP contribution in [0.5, 0.6) is 0 Å². The van der Waals surface area contributed by atoms with E-state index in [0.717, 1.165) is 84.6 Å². The molecule has 0 bridgehead atoms. The highest BCUT2D eigenvalue weighted by Crippen LogP contribution is 2.39. The molecule has 3 heterocycles. The van der Waals surface area contributed by atoms with Crippen molar-refractivity contribution in [2.75, 3.05) is 88.6 Å². The van der Waals surface area contributed by atoms with Gasteiger partial charge in [0.25, 0.3) is 0 Å². The Morgan fingerprint density at radius 3 is 1.80 bits per heavy atom. The molecule has 3 aliphatic heterocycles. The maximum absolute atomic E-state index is 15.8. The van der Waals surface area contributed by atoms with Gasteiger partial charge in [-0.3, -0.25) is 57.5 Å². The topological polar surface area (TPSA) is 270 Å². The van der Waals surface area contributed by atoms with E-state index in [1.165, 1.54) is 79.9 Å². The predicted molar refractivity (Wildman–Crippen MR) is 374 cm³/mol. The number of nitrogens with one attached hydrogen (secondary N) is 3. The fourth-order valence-electron chi connectivity index (χ4n) is 16.0. The second kappa shape index (κ2) is 36.4. The van der Waals surface area contributed by atoms with Crippen molar-refractivity contribution in [1.82, 2.24) is 60.0 Å². The summed E-state index contributed by atoms with van der Waals surface area (Å²) in [6, 6.07) is -5.53. The Balaban J connectivity index is 1.29. The van der Waals surface area contributed by atoms with E-state index in [1.807, 2.05) is 13.8 Å². The zero-order chi connectivity index (χ0) is 74.4. The van der Waals surface area contributed by atoms with Crippen LogP contribution in [-0.2, 0) is 70.1 Å². The lowest BCUT2D eigenvalue weighted by Gasteiger charge is -2.43. The van der Waals surface area contributed by atoms with E-state index < -0.39 is 179 Å². The van der Waals surface area contributed by atoms with Crippen LogP contribution < -0.4 is 16.0 Å². The van der Waals surface area contributed by atoms with Gasteiger partial charge < -0.3 is 60.0 Å². The minimum Gasteiger partial charge on any atom is -0.343 e. The van der Waals surface area contributed by atoms with Crippen molar-refractivity contribution in [3.8, 4) is 0 Å². The molecule has 3 saturated heterocycles. The zero-order valence-electron chi connectivity index (χ0n) is 61.4. The first kappa shape index (κ1) is 81.2. The molecule has 24 nitrogen and oxygen atoms in total. The van der Waals surface area contributed by atoms with Crippen molar-refractivity contribution in [2.24, 2.45) is 23.7 Å². The number of nitrogens with zero attached hydrogens (tertiary/aromatic N) is 9. The Bertz CT molecular complexity index is 3140. The molecule has 1 spiro atoms. The number of hydrogen-bond acceptors (Lipinski definition) is 12. The third kappa shape index (κ3) is 20.2. The summed E-state index contributed by atoms with van der Waals surface area (Å²) in [6.07, 6.45) is 7.40. The Hall–Kier alpha value is -7.06. The van der Waals surface area contributed by atoms with Crippen LogP contribution in [-0.4, -0.2) is 251 Å². The van der Waals surface area contributed by atoms with E-state index in [9.17, 15) is 41.9 Å². The van der Waals surface area contributed by atoms with Gasteiger partial charge in [-0.2, -0.15) is 13.2 Å². The number of likely N-dealkylation sites (tertiary alicyclic amines) is 1. The van der Waals surface area contributed by atoms with Gasteiger partial charge in [-0.05, 0) is 118 Å². The summed E-state index contributed by atoms with van der Waals surface area (Å²) in [7, 11) is 10.0. The van der Waals surface area contributed by atoms with Crippen LogP contribution in [0.2, 0.25) is 5.02 Å². The second-order valence-corrected chi connectivity index (χ2v) is 30.3. The molecular weight excluding hydrogens is 1330 g/mol. The van der Waals surface area contributed by atoms with Crippen LogP contribution in [0, 0.1) is 23.7 Å². The minimum absolute atomic E-state index is 0.0197. The van der Waals surface area contributed by atoms with Gasteiger partial charge in [-0.25, -0.2) is 0 Å². The number of carbonyl (C=O) groups excluding carboxylic acids is 12. The molecule has 564 valence electrons. The highest BCUT2D eigenvalue weighted by Gasteiger charge is 2.52. The molecule has 28 heteroatoms. The molecule has 1 aromatic carbocycles. The molecule has 101 heavy (non-hydrogen) atoms. The average Bonchev–Trinajstić information content (AvgIpc) is 1.74. The van der Waals surface area contributed by atoms with Gasteiger partial charge in [0, 0.05) is 69.0 Å². The normalized spacial score (nSPS) is 27.1. The molecule has 7 rings (SSSR count). The second-order valence-electron chi connectivity index (χ2n) is 29.9. The SMILES string of the molecule is CC[C@H](C)[C@@H]1NC(=O)[C@H]([C@@H](C)CC)N(C)C(=O)C[C@@H](C(=O)N2CCCCC2)N(C)C(=O)[C@H](C2CCCCC2)N(C)C(=O)C2(CCCC2)NC(=O)C2CCCN2C(=O)[C@H](CCc2ccc(C(F)(F)F)c(Cl)c2)NC(=O)CN(C)C(=O)[C@H](CC2CCCCC2)N(C)C(=O)CN(C)C(=O)CN(C)C1=O. The first-order valence-electron chi connectivity index (χ1n) is 36.9. The van der Waals surface area contributed by atoms with E-state index in [4.69, 9.17) is 11.6 Å². The van der Waals surface area contributed by atoms with Gasteiger partial charge in [-0.1, -0.05) is 122 Å². The molecule has 3 saturated carbocycles. The Morgan fingerprint density at radius 1 is 0.604 bits per heavy atom. The quantitative estimate of drug-likeness (QED) is 0.217. The van der Waals surface area contributed by atoms with Gasteiger partial charge in [0.15, 0.2) is 0 Å². The summed E-state index contributed by atoms with van der Waals surface area (Å²) in [6.45, 7) is 6.36. The molecule has 0 aromatic heterocycles. The molecule has 1 unspecified atom stereocenters. The summed E-state index contributed by atoms with van der Waals surface area (Å²) in [5.41, 5.74) is -2.33. The Labute approximate surface area is 599 Å². The van der Waals surface area contributed by atoms with E-state index in [1.54, 1.807) is 18.7 Å². The number of likely N-dealkylation sites (N-methyl/N-ethyl adjacent to an activating group) is 7. The highest BCUT2D eigenvalue weighted by atomic mass is 35.5. The predicted octanol–water partition coefficient (Wildman–Crippen LogP) is 6.42. The molecule has 1 aromatic rings. The monoisotopic (exact) mass is 1440 g/mol. The average molecular weight is 1440 g/mol. The van der Waals surface area contributed by atoms with Crippen molar-refractivity contribution < 1.29 is 70.7 Å². The van der Waals surface area contributed by atoms with Gasteiger partial charge in [0.2, 0.25) is 70.9 Å². The first-order valence-corrected chi connectivity index (χ1v) is 37.3. The van der Waals surface area contributed by atoms with Crippen molar-refractivity contribution in [3.63, 3.8) is 0 Å². The van der Waals surface area contributed by atoms with Crippen LogP contribution >= 0.6 is 11.6 Å². The number of hydrogen-bond donors (Lipinski definition) is 3. The standard InChI is InChI=1S/C73H112ClF3N12O12/c1-12-46(3)61-69(99)83(7)44-59(92)81(5)45-60(93)84(8)55(41-48-26-17-14-18-27-48)67(97)82(6)43-57(90)78-53(34-32-49-31-33-51(52(74)40-49)73(75,76)77)66(96)89-39-25-30-54(89)64(94)80-72(35-21-22-36-72)71(101)87(11)63(50-28-19-15-20-29-50)70(100)85(9)56(68(98)88-37-23-16-24-38-88)42-58(91)86(10)62(47(4)13-2)65(95)79-61/h31,33,40,46-48,50,53-56,61-63H,12-30,32,34-39,41-45H2,1-11H3,(H,78,90)(H,79,95)(H,80,94)/t46-,47-,53-,54?,55-,56-,61-,62-,63-/m0/s1. The van der Waals surface area contributed by atoms with Gasteiger partial charge in [0.1, 0.15) is 47.8 Å². The van der Waals surface area contributed by atoms with E-state index in [-0.39, 0.29) is 51.0 Å². The van der Waals surface area contributed by atoms with Crippen molar-refractivity contribution in [3.05, 3.63) is 34.3 Å².